The number of benzene rings is 2. The molecule has 0 fully saturated rings. The number of nitrogens with zero attached hydrogens (tertiary/aromatic N) is 2. The number of pyridine rings is 2. The zero-order chi connectivity index (χ0) is 22.3. The van der Waals surface area contributed by atoms with E-state index in [9.17, 15) is 9.59 Å². The van der Waals surface area contributed by atoms with Gasteiger partial charge in [0, 0.05) is 22.2 Å². The van der Waals surface area contributed by atoms with Crippen molar-refractivity contribution in [2.75, 3.05) is 0 Å². The summed E-state index contributed by atoms with van der Waals surface area (Å²) < 4.78 is 0. The van der Waals surface area contributed by atoms with Gasteiger partial charge in [0.2, 0.25) is 0 Å². The van der Waals surface area contributed by atoms with Gasteiger partial charge in [0.1, 0.15) is 0 Å². The van der Waals surface area contributed by atoms with E-state index in [4.69, 9.17) is 19.9 Å². The van der Waals surface area contributed by atoms with E-state index in [1.165, 1.54) is 0 Å². The summed E-state index contributed by atoms with van der Waals surface area (Å²) in [7, 11) is 4.70. The average molecular weight is 480 g/mol. The fraction of sp³-hybridized carbons (Fsp3) is 0.0909. The molecule has 6 nitrogen and oxygen atoms in total. The number of aromatic nitrogens is 2. The maximum absolute atomic E-state index is 10.9. The van der Waals surface area contributed by atoms with Gasteiger partial charge in [-0.2, -0.15) is 0 Å². The second kappa shape index (κ2) is 10.8. The number of fused-ring (bicyclic) bond motifs is 2. The van der Waals surface area contributed by atoms with E-state index in [1.54, 1.807) is 24.3 Å². The summed E-state index contributed by atoms with van der Waals surface area (Å²) in [5.74, 6) is -1.87. The van der Waals surface area contributed by atoms with E-state index >= 15 is 0 Å². The van der Waals surface area contributed by atoms with Gasteiger partial charge in [-0.3, -0.25) is 9.97 Å². The minimum absolute atomic E-state index is 0.256. The van der Waals surface area contributed by atoms with Crippen molar-refractivity contribution in [1.82, 2.24) is 9.97 Å². The number of aryl methyl sites for hydroxylation is 2. The first-order valence-electron chi connectivity index (χ1n) is 8.78. The van der Waals surface area contributed by atoms with Crippen LogP contribution in [0.1, 0.15) is 32.1 Å². The molecular weight excluding hydrogens is 461 g/mol. The second-order valence-electron chi connectivity index (χ2n) is 6.27. The number of hydrogen-bond acceptors (Lipinski definition) is 4. The molecule has 2 aromatic carbocycles. The van der Waals surface area contributed by atoms with Crippen molar-refractivity contribution in [3.8, 4) is 0 Å². The molecule has 150 valence electrons. The summed E-state index contributed by atoms with van der Waals surface area (Å²) in [6, 6.07) is 17.8. The predicted molar refractivity (Wildman–Crippen MR) is 118 cm³/mol. The van der Waals surface area contributed by atoms with Gasteiger partial charge in [-0.1, -0.05) is 36.4 Å². The Balaban J connectivity index is 0.000000197. The summed E-state index contributed by atoms with van der Waals surface area (Å²) in [5, 5.41) is 19.6. The maximum atomic E-state index is 10.9. The minimum atomic E-state index is -0.936. The predicted octanol–water partition coefficient (Wildman–Crippen LogP) is 4.79. The Morgan fingerprint density at radius 3 is 1.40 bits per heavy atom. The van der Waals surface area contributed by atoms with Crippen molar-refractivity contribution in [3.05, 3.63) is 83.2 Å². The van der Waals surface area contributed by atoms with Gasteiger partial charge in [-0.05, 0) is 38.1 Å². The number of carboxylic acids is 2. The molecule has 0 saturated carbocycles. The van der Waals surface area contributed by atoms with Crippen molar-refractivity contribution < 1.29 is 19.8 Å². The Morgan fingerprint density at radius 2 is 1.07 bits per heavy atom. The van der Waals surface area contributed by atoms with Crippen LogP contribution in [0.2, 0.25) is 0 Å². The van der Waals surface area contributed by atoms with Gasteiger partial charge in [0.25, 0.3) is 0 Å². The summed E-state index contributed by atoms with van der Waals surface area (Å²) in [6.07, 6.45) is 0. The van der Waals surface area contributed by atoms with E-state index < -0.39 is 11.9 Å². The first kappa shape index (κ1) is 23.4. The third-order valence-electron chi connectivity index (χ3n) is 4.18. The van der Waals surface area contributed by atoms with Crippen LogP contribution in [0.15, 0.2) is 60.7 Å². The SMILES string of the molecule is Cc1ccc2cccc(C(=O)O)c2n1.Cc1ccc2cccc(C(=O)O)c2n1.[Cl][Ga]. The molecule has 2 radical (unpaired) electrons. The van der Waals surface area contributed by atoms with Gasteiger partial charge in [-0.25, -0.2) is 9.59 Å². The number of rotatable bonds is 2. The summed E-state index contributed by atoms with van der Waals surface area (Å²) >= 11 is 1.16. The number of hydrogen-bond donors (Lipinski definition) is 2. The van der Waals surface area contributed by atoms with Crippen LogP contribution in [0, 0.1) is 13.8 Å². The summed E-state index contributed by atoms with van der Waals surface area (Å²) in [6.45, 7) is 3.69. The van der Waals surface area contributed by atoms with Gasteiger partial charge in [-0.15, -0.1) is 0 Å². The number of para-hydroxylation sites is 2. The van der Waals surface area contributed by atoms with E-state index in [-0.39, 0.29) is 11.1 Å². The van der Waals surface area contributed by atoms with Gasteiger partial charge >= 0.3 is 39.2 Å². The topological polar surface area (TPSA) is 100 Å². The van der Waals surface area contributed by atoms with Gasteiger partial charge < -0.3 is 10.2 Å². The van der Waals surface area contributed by atoms with Gasteiger partial charge in [0.15, 0.2) is 0 Å². The zero-order valence-electron chi connectivity index (χ0n) is 16.3. The monoisotopic (exact) mass is 478 g/mol. The Kier molecular flexibility index (Phi) is 8.41. The first-order valence-corrected chi connectivity index (χ1v) is 12.0. The molecule has 30 heavy (non-hydrogen) atoms. The Bertz CT molecular complexity index is 1120. The summed E-state index contributed by atoms with van der Waals surface area (Å²) in [4.78, 5) is 30.2. The molecule has 4 aromatic rings. The molecular formula is C22H18ClGaN2O4. The molecule has 0 unspecified atom stereocenters. The van der Waals surface area contributed by atoms with Crippen LogP contribution in [0.25, 0.3) is 21.8 Å². The van der Waals surface area contributed by atoms with E-state index in [2.05, 4.69) is 9.97 Å². The normalized spacial score (nSPS) is 9.83. The van der Waals surface area contributed by atoms with Crippen LogP contribution in [-0.2, 0) is 0 Å². The molecule has 0 bridgehead atoms. The molecule has 0 spiro atoms. The Hall–Kier alpha value is -2.87. The number of carbonyl (C=O) groups is 2. The van der Waals surface area contributed by atoms with Crippen LogP contribution in [-0.4, -0.2) is 49.7 Å². The van der Waals surface area contributed by atoms with Crippen molar-refractivity contribution in [2.24, 2.45) is 0 Å². The van der Waals surface area contributed by atoms with Crippen LogP contribution < -0.4 is 0 Å². The van der Waals surface area contributed by atoms with Crippen molar-refractivity contribution >= 4 is 61.0 Å². The van der Waals surface area contributed by atoms with Crippen LogP contribution in [0.5, 0.6) is 0 Å². The third kappa shape index (κ3) is 5.60. The fourth-order valence-corrected chi connectivity index (χ4v) is 2.83. The molecule has 0 aliphatic carbocycles. The van der Waals surface area contributed by atoms with Crippen LogP contribution in [0.3, 0.4) is 0 Å². The van der Waals surface area contributed by atoms with Crippen molar-refractivity contribution in [2.45, 2.75) is 13.8 Å². The molecule has 0 aliphatic rings. The molecule has 4 rings (SSSR count). The quantitative estimate of drug-likeness (QED) is 0.401. The third-order valence-corrected chi connectivity index (χ3v) is 4.18. The van der Waals surface area contributed by atoms with Crippen molar-refractivity contribution in [3.63, 3.8) is 0 Å². The van der Waals surface area contributed by atoms with Gasteiger partial charge in [0.05, 0.1) is 22.2 Å². The Labute approximate surface area is 187 Å². The number of halogens is 1. The number of carboxylic acid groups (broad SMARTS) is 2. The molecule has 2 N–H and O–H groups in total. The molecule has 8 heteroatoms. The zero-order valence-corrected chi connectivity index (χ0v) is 19.5. The standard InChI is InChI=1S/2C11H9NO2.ClH.Ga/c2*1-7-5-6-8-3-2-4-9(11(13)14)10(8)12-7;;/h2*2-6H,1H3,(H,13,14);1H;/q;;;+1/p-1. The molecule has 0 atom stereocenters. The van der Waals surface area contributed by atoms with Crippen LogP contribution >= 0.6 is 9.64 Å². The van der Waals surface area contributed by atoms with E-state index in [1.807, 2.05) is 50.2 Å². The van der Waals surface area contributed by atoms with E-state index in [0.717, 1.165) is 39.8 Å². The molecule has 2 heterocycles. The molecule has 2 aromatic heterocycles. The fourth-order valence-electron chi connectivity index (χ4n) is 2.83. The van der Waals surface area contributed by atoms with Crippen LogP contribution in [0.4, 0.5) is 0 Å². The first-order chi connectivity index (χ1) is 14.4. The van der Waals surface area contributed by atoms with E-state index in [0.29, 0.717) is 11.0 Å². The molecule has 0 aliphatic heterocycles. The van der Waals surface area contributed by atoms with Crippen molar-refractivity contribution in [1.29, 1.82) is 0 Å². The number of aromatic carboxylic acids is 2. The molecule has 0 amide bonds. The second-order valence-corrected chi connectivity index (χ2v) is 6.27. The Morgan fingerprint density at radius 1 is 0.700 bits per heavy atom. The molecule has 0 saturated heterocycles. The summed E-state index contributed by atoms with van der Waals surface area (Å²) in [5.41, 5.74) is 3.27. The average Bonchev–Trinajstić information content (AvgIpc) is 2.74.